The van der Waals surface area contributed by atoms with E-state index in [0.29, 0.717) is 28.9 Å². The second-order valence-electron chi connectivity index (χ2n) is 5.23. The first kappa shape index (κ1) is 18.1. The van der Waals surface area contributed by atoms with E-state index in [0.717, 1.165) is 11.3 Å². The molecule has 1 heterocycles. The van der Waals surface area contributed by atoms with Crippen molar-refractivity contribution in [2.45, 2.75) is 18.6 Å². The first-order valence-corrected chi connectivity index (χ1v) is 8.57. The van der Waals surface area contributed by atoms with Crippen molar-refractivity contribution in [3.05, 3.63) is 41.2 Å². The number of aryl methyl sites for hydroxylation is 1. The van der Waals surface area contributed by atoms with Crippen molar-refractivity contribution in [2.24, 2.45) is 0 Å². The van der Waals surface area contributed by atoms with Gasteiger partial charge in [0.05, 0.1) is 14.2 Å². The molecule has 7 heteroatoms. The van der Waals surface area contributed by atoms with E-state index in [1.807, 2.05) is 31.4 Å². The van der Waals surface area contributed by atoms with Gasteiger partial charge in [-0.2, -0.15) is 0 Å². The number of methoxy groups -OCH3 is 2. The van der Waals surface area contributed by atoms with E-state index < -0.39 is 0 Å². The fourth-order valence-corrected chi connectivity index (χ4v) is 2.69. The number of hydrogen-bond donors (Lipinski definition) is 0. The number of nitrogens with zero attached hydrogens (tertiary/aromatic N) is 3. The van der Waals surface area contributed by atoms with Crippen molar-refractivity contribution < 1.29 is 14.3 Å². The van der Waals surface area contributed by atoms with E-state index in [2.05, 4.69) is 9.97 Å². The molecule has 0 aliphatic rings. The molecule has 0 radical (unpaired) electrons. The minimum Gasteiger partial charge on any atom is -0.493 e. The molecule has 0 saturated heterocycles. The summed E-state index contributed by atoms with van der Waals surface area (Å²) in [6.45, 7) is 2.29. The second-order valence-corrected chi connectivity index (χ2v) is 6.01. The standard InChI is InChI=1S/C17H21N3O3S/c1-11-8-13(19-17(18-11)24-5)16(21)20(2)10-12-6-7-14(22-3)15(9-12)23-4/h6-9H,10H2,1-5H3. The van der Waals surface area contributed by atoms with Crippen molar-refractivity contribution in [1.82, 2.24) is 14.9 Å². The van der Waals surface area contributed by atoms with Crippen LogP contribution in [0.1, 0.15) is 21.7 Å². The van der Waals surface area contributed by atoms with Crippen molar-refractivity contribution >= 4 is 17.7 Å². The Morgan fingerprint density at radius 1 is 1.17 bits per heavy atom. The molecule has 0 aliphatic heterocycles. The number of benzene rings is 1. The smallest absolute Gasteiger partial charge is 0.272 e. The number of carbonyl (C=O) groups excluding carboxylic acids is 1. The van der Waals surface area contributed by atoms with E-state index in [1.54, 1.807) is 32.2 Å². The van der Waals surface area contributed by atoms with Crippen LogP contribution in [0.4, 0.5) is 0 Å². The number of thioether (sulfide) groups is 1. The van der Waals surface area contributed by atoms with Crippen LogP contribution in [0, 0.1) is 6.92 Å². The maximum absolute atomic E-state index is 12.6. The molecule has 24 heavy (non-hydrogen) atoms. The molecule has 0 atom stereocenters. The zero-order chi connectivity index (χ0) is 17.7. The molecular weight excluding hydrogens is 326 g/mol. The Morgan fingerprint density at radius 3 is 2.50 bits per heavy atom. The summed E-state index contributed by atoms with van der Waals surface area (Å²) >= 11 is 1.42. The summed E-state index contributed by atoms with van der Waals surface area (Å²) in [6, 6.07) is 7.30. The van der Waals surface area contributed by atoms with E-state index in [1.165, 1.54) is 11.8 Å². The molecule has 0 fully saturated rings. The highest BCUT2D eigenvalue weighted by atomic mass is 32.2. The zero-order valence-electron chi connectivity index (χ0n) is 14.5. The molecule has 0 aliphatic carbocycles. The van der Waals surface area contributed by atoms with Crippen LogP contribution in [-0.4, -0.2) is 48.3 Å². The zero-order valence-corrected chi connectivity index (χ0v) is 15.3. The van der Waals surface area contributed by atoms with Gasteiger partial charge in [0.2, 0.25) is 0 Å². The van der Waals surface area contributed by atoms with Gasteiger partial charge in [-0.25, -0.2) is 9.97 Å². The van der Waals surface area contributed by atoms with E-state index in [4.69, 9.17) is 9.47 Å². The van der Waals surface area contributed by atoms with Crippen molar-refractivity contribution in [2.75, 3.05) is 27.5 Å². The summed E-state index contributed by atoms with van der Waals surface area (Å²) in [6.07, 6.45) is 1.89. The normalized spacial score (nSPS) is 10.4. The third-order valence-electron chi connectivity index (χ3n) is 3.45. The fraction of sp³-hybridized carbons (Fsp3) is 0.353. The van der Waals surface area contributed by atoms with Crippen LogP contribution < -0.4 is 9.47 Å². The van der Waals surface area contributed by atoms with Gasteiger partial charge in [-0.1, -0.05) is 17.8 Å². The largest absolute Gasteiger partial charge is 0.493 e. The summed E-state index contributed by atoms with van der Waals surface area (Å²) in [5.41, 5.74) is 2.12. The lowest BCUT2D eigenvalue weighted by molar-refractivity contribution is 0.0778. The predicted molar refractivity (Wildman–Crippen MR) is 93.9 cm³/mol. The summed E-state index contributed by atoms with van der Waals surface area (Å²) in [4.78, 5) is 22.8. The Hall–Kier alpha value is -2.28. The Labute approximate surface area is 146 Å². The molecule has 128 valence electrons. The SMILES string of the molecule is COc1ccc(CN(C)C(=O)c2cc(C)nc(SC)n2)cc1OC. The van der Waals surface area contributed by atoms with Crippen LogP contribution in [0.2, 0.25) is 0 Å². The summed E-state index contributed by atoms with van der Waals surface area (Å²) < 4.78 is 10.5. The second kappa shape index (κ2) is 8.01. The van der Waals surface area contributed by atoms with Gasteiger partial charge >= 0.3 is 0 Å². The number of ether oxygens (including phenoxy) is 2. The van der Waals surface area contributed by atoms with Crippen LogP contribution >= 0.6 is 11.8 Å². The van der Waals surface area contributed by atoms with Gasteiger partial charge in [-0.3, -0.25) is 4.79 Å². The molecule has 0 unspecified atom stereocenters. The molecule has 0 bridgehead atoms. The first-order chi connectivity index (χ1) is 11.5. The van der Waals surface area contributed by atoms with Crippen LogP contribution in [0.15, 0.2) is 29.4 Å². The monoisotopic (exact) mass is 347 g/mol. The lowest BCUT2D eigenvalue weighted by Gasteiger charge is -2.18. The molecule has 1 aromatic heterocycles. The molecule has 1 aromatic carbocycles. The van der Waals surface area contributed by atoms with Gasteiger partial charge in [0, 0.05) is 19.3 Å². The van der Waals surface area contributed by atoms with Gasteiger partial charge in [-0.05, 0) is 36.9 Å². The molecular formula is C17H21N3O3S. The molecule has 0 saturated carbocycles. The summed E-state index contributed by atoms with van der Waals surface area (Å²) in [7, 11) is 4.92. The predicted octanol–water partition coefficient (Wildman–Crippen LogP) is 2.80. The van der Waals surface area contributed by atoms with Crippen LogP contribution in [-0.2, 0) is 6.54 Å². The minimum absolute atomic E-state index is 0.148. The maximum atomic E-state index is 12.6. The average molecular weight is 347 g/mol. The Kier molecular flexibility index (Phi) is 6.03. The highest BCUT2D eigenvalue weighted by molar-refractivity contribution is 7.98. The molecule has 6 nitrogen and oxygen atoms in total. The summed E-state index contributed by atoms with van der Waals surface area (Å²) in [5.74, 6) is 1.15. The third-order valence-corrected chi connectivity index (χ3v) is 4.00. The van der Waals surface area contributed by atoms with Crippen LogP contribution in [0.3, 0.4) is 0 Å². The lowest BCUT2D eigenvalue weighted by Crippen LogP contribution is -2.27. The number of rotatable bonds is 6. The number of hydrogen-bond acceptors (Lipinski definition) is 6. The molecule has 0 N–H and O–H groups in total. The number of aromatic nitrogens is 2. The van der Waals surface area contributed by atoms with Gasteiger partial charge < -0.3 is 14.4 Å². The fourth-order valence-electron chi connectivity index (χ4n) is 2.26. The van der Waals surface area contributed by atoms with E-state index >= 15 is 0 Å². The van der Waals surface area contributed by atoms with Gasteiger partial charge in [0.25, 0.3) is 5.91 Å². The van der Waals surface area contributed by atoms with E-state index in [9.17, 15) is 4.79 Å². The van der Waals surface area contributed by atoms with Gasteiger partial charge in [-0.15, -0.1) is 0 Å². The van der Waals surface area contributed by atoms with Crippen LogP contribution in [0.25, 0.3) is 0 Å². The summed E-state index contributed by atoms with van der Waals surface area (Å²) in [5, 5.41) is 0.595. The number of amides is 1. The highest BCUT2D eigenvalue weighted by Gasteiger charge is 2.16. The van der Waals surface area contributed by atoms with Crippen LogP contribution in [0.5, 0.6) is 11.5 Å². The maximum Gasteiger partial charge on any atom is 0.272 e. The first-order valence-electron chi connectivity index (χ1n) is 7.34. The topological polar surface area (TPSA) is 64.5 Å². The molecule has 0 spiro atoms. The molecule has 2 rings (SSSR count). The van der Waals surface area contributed by atoms with Gasteiger partial charge in [0.15, 0.2) is 16.7 Å². The number of carbonyl (C=O) groups is 1. The quantitative estimate of drug-likeness (QED) is 0.591. The molecule has 1 amide bonds. The Morgan fingerprint density at radius 2 is 1.88 bits per heavy atom. The van der Waals surface area contributed by atoms with E-state index in [-0.39, 0.29) is 5.91 Å². The van der Waals surface area contributed by atoms with Gasteiger partial charge in [0.1, 0.15) is 5.69 Å². The highest BCUT2D eigenvalue weighted by Crippen LogP contribution is 2.28. The average Bonchev–Trinajstić information content (AvgIpc) is 2.60. The third kappa shape index (κ3) is 4.17. The van der Waals surface area contributed by atoms with Crippen molar-refractivity contribution in [3.8, 4) is 11.5 Å². The lowest BCUT2D eigenvalue weighted by atomic mass is 10.2. The Bertz CT molecular complexity index is 737. The minimum atomic E-state index is -0.148. The molecule has 2 aromatic rings. The van der Waals surface area contributed by atoms with Crippen molar-refractivity contribution in [1.29, 1.82) is 0 Å². The Balaban J connectivity index is 2.18. The van der Waals surface area contributed by atoms with Crippen molar-refractivity contribution in [3.63, 3.8) is 0 Å².